The van der Waals surface area contributed by atoms with Crippen LogP contribution in [0.1, 0.15) is 17.2 Å². The summed E-state index contributed by atoms with van der Waals surface area (Å²) in [5.41, 5.74) is 2.70. The molecule has 0 aliphatic carbocycles. The zero-order valence-electron chi connectivity index (χ0n) is 15.7. The predicted octanol–water partition coefficient (Wildman–Crippen LogP) is 4.71. The van der Waals surface area contributed by atoms with Gasteiger partial charge < -0.3 is 14.6 Å². The molecule has 2 atom stereocenters. The van der Waals surface area contributed by atoms with Gasteiger partial charge in [0, 0.05) is 35.3 Å². The second kappa shape index (κ2) is 7.53. The number of aromatic nitrogens is 2. The molecule has 3 heterocycles. The minimum Gasteiger partial charge on any atom is -0.493 e. The van der Waals surface area contributed by atoms with Crippen LogP contribution in [0.5, 0.6) is 17.4 Å². The van der Waals surface area contributed by atoms with Gasteiger partial charge in [-0.1, -0.05) is 24.3 Å². The molecular formula is C24H20N2O3. The summed E-state index contributed by atoms with van der Waals surface area (Å²) < 4.78 is 11.9. The number of pyridine rings is 2. The van der Waals surface area contributed by atoms with Crippen LogP contribution in [0.2, 0.25) is 0 Å². The molecule has 29 heavy (non-hydrogen) atoms. The first-order valence-corrected chi connectivity index (χ1v) is 9.64. The third-order valence-electron chi connectivity index (χ3n) is 5.22. The van der Waals surface area contributed by atoms with Crippen molar-refractivity contribution in [2.45, 2.75) is 12.5 Å². The highest BCUT2D eigenvalue weighted by Gasteiger charge is 2.30. The smallest absolute Gasteiger partial charge is 0.219 e. The monoisotopic (exact) mass is 384 g/mol. The van der Waals surface area contributed by atoms with Crippen LogP contribution in [0, 0.1) is 5.92 Å². The van der Waals surface area contributed by atoms with Crippen LogP contribution < -0.4 is 9.47 Å². The van der Waals surface area contributed by atoms with E-state index in [2.05, 4.69) is 9.97 Å². The SMILES string of the molecule is O[C@@H]1c2cc(Oc3ccc4ccccc4n3)ccc2OC[C@H]1Cc1cccnc1. The predicted molar refractivity (Wildman–Crippen MR) is 110 cm³/mol. The van der Waals surface area contributed by atoms with Crippen molar-refractivity contribution in [1.29, 1.82) is 0 Å². The Bertz CT molecular complexity index is 1150. The minimum absolute atomic E-state index is 0.0410. The molecule has 0 amide bonds. The van der Waals surface area contributed by atoms with Gasteiger partial charge in [-0.25, -0.2) is 4.98 Å². The molecule has 0 saturated heterocycles. The topological polar surface area (TPSA) is 64.5 Å². The van der Waals surface area contributed by atoms with E-state index in [4.69, 9.17) is 9.47 Å². The maximum atomic E-state index is 10.9. The van der Waals surface area contributed by atoms with Crippen LogP contribution in [0.15, 0.2) is 79.1 Å². The molecule has 4 aromatic rings. The Kier molecular flexibility index (Phi) is 4.58. The van der Waals surface area contributed by atoms with Gasteiger partial charge in [0.15, 0.2) is 0 Å². The summed E-state index contributed by atoms with van der Waals surface area (Å²) in [6, 6.07) is 21.2. The third-order valence-corrected chi connectivity index (χ3v) is 5.22. The Morgan fingerprint density at radius 2 is 1.97 bits per heavy atom. The number of ether oxygens (including phenoxy) is 2. The molecule has 0 unspecified atom stereocenters. The van der Waals surface area contributed by atoms with Gasteiger partial charge in [0.05, 0.1) is 18.2 Å². The van der Waals surface area contributed by atoms with Crippen LogP contribution in [0.25, 0.3) is 10.9 Å². The Hall–Kier alpha value is -3.44. The van der Waals surface area contributed by atoms with Crippen molar-refractivity contribution < 1.29 is 14.6 Å². The molecule has 5 heteroatoms. The highest BCUT2D eigenvalue weighted by atomic mass is 16.5. The van der Waals surface area contributed by atoms with Crippen molar-refractivity contribution in [3.63, 3.8) is 0 Å². The lowest BCUT2D eigenvalue weighted by Gasteiger charge is -2.30. The van der Waals surface area contributed by atoms with Gasteiger partial charge in [-0.2, -0.15) is 0 Å². The quantitative estimate of drug-likeness (QED) is 0.552. The summed E-state index contributed by atoms with van der Waals surface area (Å²) in [5.74, 6) is 1.79. The van der Waals surface area contributed by atoms with E-state index in [0.717, 1.165) is 22.0 Å². The summed E-state index contributed by atoms with van der Waals surface area (Å²) in [4.78, 5) is 8.70. The molecule has 0 bridgehead atoms. The first kappa shape index (κ1) is 17.6. The molecule has 5 nitrogen and oxygen atoms in total. The first-order valence-electron chi connectivity index (χ1n) is 9.64. The molecule has 0 radical (unpaired) electrons. The van der Waals surface area contributed by atoms with Gasteiger partial charge in [0.25, 0.3) is 0 Å². The summed E-state index contributed by atoms with van der Waals surface area (Å²) in [6.45, 7) is 0.468. The molecule has 1 aliphatic heterocycles. The van der Waals surface area contributed by atoms with E-state index in [9.17, 15) is 5.11 Å². The Balaban J connectivity index is 1.38. The molecule has 5 rings (SSSR count). The highest BCUT2D eigenvalue weighted by molar-refractivity contribution is 5.78. The normalized spacial score (nSPS) is 18.1. The number of aliphatic hydroxyl groups excluding tert-OH is 1. The molecule has 1 aliphatic rings. The Morgan fingerprint density at radius 3 is 2.86 bits per heavy atom. The number of para-hydroxylation sites is 1. The number of rotatable bonds is 4. The molecular weight excluding hydrogens is 364 g/mol. The van der Waals surface area contributed by atoms with Gasteiger partial charge in [-0.3, -0.25) is 4.98 Å². The van der Waals surface area contributed by atoms with E-state index in [1.165, 1.54) is 0 Å². The Labute approximate surface area is 168 Å². The van der Waals surface area contributed by atoms with E-state index in [1.54, 1.807) is 6.20 Å². The molecule has 0 spiro atoms. The maximum absolute atomic E-state index is 10.9. The first-order chi connectivity index (χ1) is 14.3. The molecule has 0 fully saturated rings. The van der Waals surface area contributed by atoms with Gasteiger partial charge in [0.2, 0.25) is 5.88 Å². The van der Waals surface area contributed by atoms with E-state index >= 15 is 0 Å². The fraction of sp³-hybridized carbons (Fsp3) is 0.167. The van der Waals surface area contributed by atoms with Gasteiger partial charge in [-0.15, -0.1) is 0 Å². The number of hydrogen-bond acceptors (Lipinski definition) is 5. The summed E-state index contributed by atoms with van der Waals surface area (Å²) in [7, 11) is 0. The second-order valence-corrected chi connectivity index (χ2v) is 7.23. The van der Waals surface area contributed by atoms with Crippen LogP contribution in [-0.4, -0.2) is 21.7 Å². The molecule has 1 N–H and O–H groups in total. The van der Waals surface area contributed by atoms with Crippen molar-refractivity contribution in [3.8, 4) is 17.4 Å². The third kappa shape index (κ3) is 3.65. The van der Waals surface area contributed by atoms with Crippen molar-refractivity contribution >= 4 is 10.9 Å². The van der Waals surface area contributed by atoms with Crippen molar-refractivity contribution in [1.82, 2.24) is 9.97 Å². The van der Waals surface area contributed by atoms with E-state index in [1.807, 2.05) is 72.9 Å². The largest absolute Gasteiger partial charge is 0.493 e. The van der Waals surface area contributed by atoms with Crippen LogP contribution in [-0.2, 0) is 6.42 Å². The second-order valence-electron chi connectivity index (χ2n) is 7.23. The number of hydrogen-bond donors (Lipinski definition) is 1. The number of aliphatic hydroxyl groups is 1. The zero-order chi connectivity index (χ0) is 19.6. The average molecular weight is 384 g/mol. The molecule has 2 aromatic carbocycles. The lowest BCUT2D eigenvalue weighted by atomic mass is 9.88. The summed E-state index contributed by atoms with van der Waals surface area (Å²) in [5, 5.41) is 12.0. The Morgan fingerprint density at radius 1 is 1.03 bits per heavy atom. The van der Waals surface area contributed by atoms with E-state index in [0.29, 0.717) is 30.4 Å². The van der Waals surface area contributed by atoms with Crippen LogP contribution in [0.3, 0.4) is 0 Å². The van der Waals surface area contributed by atoms with Crippen molar-refractivity contribution in [2.75, 3.05) is 6.61 Å². The summed E-state index contributed by atoms with van der Waals surface area (Å²) in [6.07, 6.45) is 3.64. The molecule has 144 valence electrons. The van der Waals surface area contributed by atoms with Gasteiger partial charge >= 0.3 is 0 Å². The highest BCUT2D eigenvalue weighted by Crippen LogP contribution is 2.39. The van der Waals surface area contributed by atoms with Crippen molar-refractivity contribution in [3.05, 3.63) is 90.3 Å². The van der Waals surface area contributed by atoms with Gasteiger partial charge in [0.1, 0.15) is 11.5 Å². The standard InChI is InChI=1S/C24H20N2O3/c27-24-18(12-16-4-3-11-25-14-16)15-28-22-9-8-19(13-20(22)24)29-23-10-7-17-5-1-2-6-21(17)26-23/h1-11,13-14,18,24,27H,12,15H2/t18-,24+/m1/s1. The fourth-order valence-corrected chi connectivity index (χ4v) is 3.71. The van der Waals surface area contributed by atoms with E-state index < -0.39 is 6.10 Å². The minimum atomic E-state index is -0.632. The zero-order valence-corrected chi connectivity index (χ0v) is 15.7. The van der Waals surface area contributed by atoms with Gasteiger partial charge in [-0.05, 0) is 48.4 Å². The number of nitrogens with zero attached hydrogens (tertiary/aromatic N) is 2. The fourth-order valence-electron chi connectivity index (χ4n) is 3.71. The lowest BCUT2D eigenvalue weighted by molar-refractivity contribution is 0.0505. The average Bonchev–Trinajstić information content (AvgIpc) is 2.77. The van der Waals surface area contributed by atoms with Crippen LogP contribution >= 0.6 is 0 Å². The number of benzene rings is 2. The lowest BCUT2D eigenvalue weighted by Crippen LogP contribution is -2.27. The molecule has 2 aromatic heterocycles. The maximum Gasteiger partial charge on any atom is 0.219 e. The summed E-state index contributed by atoms with van der Waals surface area (Å²) >= 11 is 0. The van der Waals surface area contributed by atoms with Crippen molar-refractivity contribution in [2.24, 2.45) is 5.92 Å². The van der Waals surface area contributed by atoms with E-state index in [-0.39, 0.29) is 5.92 Å². The molecule has 0 saturated carbocycles. The van der Waals surface area contributed by atoms with Crippen LogP contribution in [0.4, 0.5) is 0 Å². The number of fused-ring (bicyclic) bond motifs is 2.